The number of sulfonamides is 1. The third-order valence-corrected chi connectivity index (χ3v) is 2.92. The molecule has 0 aliphatic heterocycles. The zero-order valence-corrected chi connectivity index (χ0v) is 7.69. The van der Waals surface area contributed by atoms with Gasteiger partial charge < -0.3 is 5.11 Å². The lowest BCUT2D eigenvalue weighted by atomic mass is 10.2. The first-order valence-corrected chi connectivity index (χ1v) is 5.25. The Morgan fingerprint density at radius 3 is 2.45 bits per heavy atom. The van der Waals surface area contributed by atoms with Crippen molar-refractivity contribution in [3.05, 3.63) is 0 Å². The van der Waals surface area contributed by atoms with E-state index in [1.165, 1.54) is 0 Å². The van der Waals surface area contributed by atoms with E-state index in [4.69, 9.17) is 5.11 Å². The fourth-order valence-electron chi connectivity index (χ4n) is 0.706. The Morgan fingerprint density at radius 1 is 1.55 bits per heavy atom. The van der Waals surface area contributed by atoms with Gasteiger partial charge in [0.1, 0.15) is 0 Å². The number of nitrogens with one attached hydrogen (secondary N) is 1. The molecule has 0 spiro atoms. The Labute approximate surface area is 67.7 Å². The highest BCUT2D eigenvalue weighted by Gasteiger charge is 2.12. The van der Waals surface area contributed by atoms with Gasteiger partial charge in [-0.2, -0.15) is 0 Å². The van der Waals surface area contributed by atoms with Crippen LogP contribution in [0.15, 0.2) is 0 Å². The molecule has 4 nitrogen and oxygen atoms in total. The van der Waals surface area contributed by atoms with Crippen molar-refractivity contribution in [1.82, 2.24) is 4.72 Å². The molecule has 0 aliphatic rings. The molecule has 68 valence electrons. The fraction of sp³-hybridized carbons (Fsp3) is 1.00. The molecule has 0 amide bonds. The normalized spacial score (nSPS) is 14.8. The van der Waals surface area contributed by atoms with E-state index in [0.29, 0.717) is 6.54 Å². The highest BCUT2D eigenvalue weighted by atomic mass is 32.2. The number of hydrogen-bond acceptors (Lipinski definition) is 3. The van der Waals surface area contributed by atoms with Crippen LogP contribution in [-0.2, 0) is 10.0 Å². The largest absolute Gasteiger partial charge is 0.396 e. The van der Waals surface area contributed by atoms with Gasteiger partial charge in [-0.15, -0.1) is 0 Å². The van der Waals surface area contributed by atoms with Gasteiger partial charge >= 0.3 is 0 Å². The third-order valence-electron chi connectivity index (χ3n) is 1.18. The smallest absolute Gasteiger partial charge is 0.211 e. The van der Waals surface area contributed by atoms with E-state index in [1.807, 2.05) is 0 Å². The van der Waals surface area contributed by atoms with E-state index < -0.39 is 10.0 Å². The second-order valence-electron chi connectivity index (χ2n) is 2.57. The lowest BCUT2D eigenvalue weighted by Crippen LogP contribution is -2.29. The fourth-order valence-corrected chi connectivity index (χ4v) is 2.12. The third kappa shape index (κ3) is 5.17. The van der Waals surface area contributed by atoms with Crippen molar-refractivity contribution >= 4 is 10.0 Å². The Balaban J connectivity index is 3.92. The van der Waals surface area contributed by atoms with Crippen molar-refractivity contribution in [2.24, 2.45) is 5.92 Å². The summed E-state index contributed by atoms with van der Waals surface area (Å²) >= 11 is 0. The van der Waals surface area contributed by atoms with Crippen LogP contribution >= 0.6 is 0 Å². The topological polar surface area (TPSA) is 66.4 Å². The zero-order chi connectivity index (χ0) is 8.91. The molecule has 0 rings (SSSR count). The van der Waals surface area contributed by atoms with Crippen LogP contribution in [0, 0.1) is 5.92 Å². The summed E-state index contributed by atoms with van der Waals surface area (Å²) in [5, 5.41) is 8.57. The maximum absolute atomic E-state index is 11.0. The monoisotopic (exact) mass is 181 g/mol. The van der Waals surface area contributed by atoms with Gasteiger partial charge in [-0.05, 0) is 5.92 Å². The summed E-state index contributed by atoms with van der Waals surface area (Å²) in [5.74, 6) is -0.198. The molecule has 0 aromatic heterocycles. The summed E-state index contributed by atoms with van der Waals surface area (Å²) in [6, 6.07) is 0. The van der Waals surface area contributed by atoms with Crippen LogP contribution in [0.3, 0.4) is 0 Å². The quantitative estimate of drug-likeness (QED) is 0.604. The molecular weight excluding hydrogens is 166 g/mol. The van der Waals surface area contributed by atoms with Gasteiger partial charge in [-0.3, -0.25) is 0 Å². The minimum atomic E-state index is -3.15. The SMILES string of the molecule is CCNS(=O)(=O)CC(C)CO. The van der Waals surface area contributed by atoms with E-state index in [2.05, 4.69) is 4.72 Å². The van der Waals surface area contributed by atoms with E-state index in [-0.39, 0.29) is 18.3 Å². The maximum Gasteiger partial charge on any atom is 0.211 e. The van der Waals surface area contributed by atoms with E-state index >= 15 is 0 Å². The van der Waals surface area contributed by atoms with E-state index in [1.54, 1.807) is 13.8 Å². The molecule has 0 aromatic carbocycles. The van der Waals surface area contributed by atoms with E-state index in [0.717, 1.165) is 0 Å². The predicted molar refractivity (Wildman–Crippen MR) is 43.7 cm³/mol. The summed E-state index contributed by atoms with van der Waals surface area (Å²) in [5.41, 5.74) is 0. The van der Waals surface area contributed by atoms with Crippen LogP contribution in [0.25, 0.3) is 0 Å². The van der Waals surface area contributed by atoms with Crippen LogP contribution in [0.1, 0.15) is 13.8 Å². The highest BCUT2D eigenvalue weighted by molar-refractivity contribution is 7.89. The van der Waals surface area contributed by atoms with Crippen LogP contribution in [0.2, 0.25) is 0 Å². The molecular formula is C6H15NO3S. The van der Waals surface area contributed by atoms with E-state index in [9.17, 15) is 8.42 Å². The molecule has 0 bridgehead atoms. The lowest BCUT2D eigenvalue weighted by Gasteiger charge is -2.08. The molecule has 0 fully saturated rings. The standard InChI is InChI=1S/C6H15NO3S/c1-3-7-11(9,10)5-6(2)4-8/h6-8H,3-5H2,1-2H3. The molecule has 0 aromatic rings. The molecule has 5 heteroatoms. The number of aliphatic hydroxyl groups excluding tert-OH is 1. The summed E-state index contributed by atoms with van der Waals surface area (Å²) in [6.07, 6.45) is 0. The number of hydrogen-bond donors (Lipinski definition) is 2. The molecule has 0 aliphatic carbocycles. The highest BCUT2D eigenvalue weighted by Crippen LogP contribution is 1.97. The van der Waals surface area contributed by atoms with Gasteiger partial charge in [0.15, 0.2) is 0 Å². The van der Waals surface area contributed by atoms with Gasteiger partial charge in [-0.1, -0.05) is 13.8 Å². The summed E-state index contributed by atoms with van der Waals surface area (Å²) < 4.78 is 24.3. The van der Waals surface area contributed by atoms with Gasteiger partial charge in [-0.25, -0.2) is 13.1 Å². The van der Waals surface area contributed by atoms with Crippen molar-refractivity contribution in [2.75, 3.05) is 18.9 Å². The van der Waals surface area contributed by atoms with Gasteiger partial charge in [0, 0.05) is 13.2 Å². The minimum absolute atomic E-state index is 0.00264. The van der Waals surface area contributed by atoms with Crippen molar-refractivity contribution in [1.29, 1.82) is 0 Å². The number of aliphatic hydroxyl groups is 1. The lowest BCUT2D eigenvalue weighted by molar-refractivity contribution is 0.249. The number of rotatable bonds is 5. The average molecular weight is 181 g/mol. The molecule has 2 N–H and O–H groups in total. The molecule has 1 unspecified atom stereocenters. The first-order chi connectivity index (χ1) is 5.02. The minimum Gasteiger partial charge on any atom is -0.396 e. The van der Waals surface area contributed by atoms with Crippen LogP contribution < -0.4 is 4.72 Å². The van der Waals surface area contributed by atoms with Crippen molar-refractivity contribution in [2.45, 2.75) is 13.8 Å². The Bertz CT molecular complexity index is 188. The molecule has 1 atom stereocenters. The summed E-state index contributed by atoms with van der Waals surface area (Å²) in [4.78, 5) is 0. The molecule has 0 heterocycles. The van der Waals surface area contributed by atoms with Crippen LogP contribution in [-0.4, -0.2) is 32.4 Å². The van der Waals surface area contributed by atoms with Gasteiger partial charge in [0.2, 0.25) is 10.0 Å². The summed E-state index contributed by atoms with van der Waals surface area (Å²) in [7, 11) is -3.15. The van der Waals surface area contributed by atoms with Crippen molar-refractivity contribution < 1.29 is 13.5 Å². The zero-order valence-electron chi connectivity index (χ0n) is 6.87. The van der Waals surface area contributed by atoms with Gasteiger partial charge in [0.05, 0.1) is 5.75 Å². The molecule has 11 heavy (non-hydrogen) atoms. The van der Waals surface area contributed by atoms with Crippen molar-refractivity contribution in [3.8, 4) is 0 Å². The van der Waals surface area contributed by atoms with Crippen LogP contribution in [0.5, 0.6) is 0 Å². The van der Waals surface area contributed by atoms with Crippen molar-refractivity contribution in [3.63, 3.8) is 0 Å². The Hall–Kier alpha value is -0.130. The molecule has 0 saturated heterocycles. The summed E-state index contributed by atoms with van der Waals surface area (Å²) in [6.45, 7) is 3.72. The maximum atomic E-state index is 11.0. The Morgan fingerprint density at radius 2 is 2.09 bits per heavy atom. The first kappa shape index (κ1) is 10.9. The first-order valence-electron chi connectivity index (χ1n) is 3.60. The molecule has 0 radical (unpaired) electrons. The predicted octanol–water partition coefficient (Wildman–Crippen LogP) is -0.446. The Kier molecular flexibility index (Phi) is 4.63. The molecule has 0 saturated carbocycles. The van der Waals surface area contributed by atoms with Crippen LogP contribution in [0.4, 0.5) is 0 Å². The second-order valence-corrected chi connectivity index (χ2v) is 4.42. The van der Waals surface area contributed by atoms with Gasteiger partial charge in [0.25, 0.3) is 0 Å². The average Bonchev–Trinajstić information content (AvgIpc) is 1.86. The second kappa shape index (κ2) is 4.69.